The number of aromatic amines is 1. The Bertz CT molecular complexity index is 1390. The molecule has 0 aliphatic carbocycles. The summed E-state index contributed by atoms with van der Waals surface area (Å²) in [5.41, 5.74) is 6.87. The molecule has 1 fully saturated rings. The van der Waals surface area contributed by atoms with Crippen molar-refractivity contribution < 1.29 is 9.53 Å². The van der Waals surface area contributed by atoms with Crippen molar-refractivity contribution in [3.05, 3.63) is 47.9 Å². The molecule has 1 saturated heterocycles. The average Bonchev–Trinajstić information content (AvgIpc) is 3.55. The molecule has 0 unspecified atom stereocenters. The molecule has 180 valence electrons. The highest BCUT2D eigenvalue weighted by atomic mass is 32.1. The number of hydrogen-bond donors (Lipinski definition) is 2. The second-order valence-electron chi connectivity index (χ2n) is 9.24. The Hall–Kier alpha value is -3.30. The molecule has 6 rings (SSSR count). The van der Waals surface area contributed by atoms with E-state index in [1.54, 1.807) is 17.7 Å². The molecule has 2 aliphatic rings. The predicted molar refractivity (Wildman–Crippen MR) is 139 cm³/mol. The first-order chi connectivity index (χ1) is 17.2. The lowest BCUT2D eigenvalue weighted by Crippen LogP contribution is -2.35. The normalized spacial score (nSPS) is 17.1. The molecule has 0 atom stereocenters. The number of rotatable bonds is 6. The number of hydrogen-bond acceptors (Lipinski definition) is 7. The van der Waals surface area contributed by atoms with Gasteiger partial charge < -0.3 is 19.9 Å². The maximum atomic E-state index is 12.7. The number of amides is 1. The van der Waals surface area contributed by atoms with Crippen molar-refractivity contribution in [1.29, 1.82) is 0 Å². The van der Waals surface area contributed by atoms with E-state index in [-0.39, 0.29) is 5.91 Å². The van der Waals surface area contributed by atoms with Crippen molar-refractivity contribution in [3.63, 3.8) is 0 Å². The summed E-state index contributed by atoms with van der Waals surface area (Å²) >= 11 is 1.62. The minimum atomic E-state index is 0.263. The third-order valence-electron chi connectivity index (χ3n) is 7.03. The Kier molecular flexibility index (Phi) is 6.18. The van der Waals surface area contributed by atoms with Crippen molar-refractivity contribution in [2.75, 3.05) is 31.6 Å². The summed E-state index contributed by atoms with van der Waals surface area (Å²) in [5, 5.41) is 4.38. The quantitative estimate of drug-likeness (QED) is 0.390. The van der Waals surface area contributed by atoms with Crippen LogP contribution >= 0.6 is 11.3 Å². The van der Waals surface area contributed by atoms with E-state index in [0.717, 1.165) is 83.9 Å². The molecular weight excluding hydrogens is 460 g/mol. The highest BCUT2D eigenvalue weighted by Gasteiger charge is 2.21. The molecule has 3 aromatic heterocycles. The molecule has 2 aliphatic heterocycles. The largest absolute Gasteiger partial charge is 0.381 e. The molecular formula is C26H28N6O2S. The van der Waals surface area contributed by atoms with Crippen LogP contribution in [-0.4, -0.2) is 57.0 Å². The number of benzene rings is 1. The van der Waals surface area contributed by atoms with E-state index in [9.17, 15) is 4.79 Å². The van der Waals surface area contributed by atoms with E-state index in [0.29, 0.717) is 18.9 Å². The third kappa shape index (κ3) is 4.78. The second-order valence-corrected chi connectivity index (χ2v) is 10.1. The molecule has 0 saturated carbocycles. The second kappa shape index (κ2) is 9.75. The molecule has 0 bridgehead atoms. The zero-order valence-electron chi connectivity index (χ0n) is 19.5. The Labute approximate surface area is 207 Å². The van der Waals surface area contributed by atoms with Gasteiger partial charge in [0.15, 0.2) is 0 Å². The van der Waals surface area contributed by atoms with Crippen molar-refractivity contribution in [2.24, 2.45) is 5.92 Å². The van der Waals surface area contributed by atoms with E-state index in [1.807, 2.05) is 22.5 Å². The summed E-state index contributed by atoms with van der Waals surface area (Å²) in [6.45, 7) is 3.08. The van der Waals surface area contributed by atoms with Gasteiger partial charge in [-0.3, -0.25) is 4.79 Å². The molecule has 0 radical (unpaired) electrons. The minimum absolute atomic E-state index is 0.263. The van der Waals surface area contributed by atoms with Crippen LogP contribution in [0, 0.1) is 5.92 Å². The maximum Gasteiger partial charge on any atom is 0.222 e. The molecule has 35 heavy (non-hydrogen) atoms. The van der Waals surface area contributed by atoms with Crippen molar-refractivity contribution in [2.45, 2.75) is 32.1 Å². The van der Waals surface area contributed by atoms with Crippen LogP contribution < -0.4 is 5.32 Å². The van der Waals surface area contributed by atoms with E-state index < -0.39 is 0 Å². The van der Waals surface area contributed by atoms with Gasteiger partial charge in [0.1, 0.15) is 17.8 Å². The van der Waals surface area contributed by atoms with E-state index in [4.69, 9.17) is 4.74 Å². The SMILES string of the molecule is O=C(CCC1CCOCC1)N1CC=C(c2cc3c(Nc4ccc5ncsc5c4)ncnc3[nH]2)CC1. The molecule has 8 nitrogen and oxygen atoms in total. The lowest BCUT2D eigenvalue weighted by Gasteiger charge is -2.28. The average molecular weight is 489 g/mol. The fraction of sp³-hybridized carbons (Fsp3) is 0.385. The van der Waals surface area contributed by atoms with Crippen LogP contribution in [0.3, 0.4) is 0 Å². The fourth-order valence-electron chi connectivity index (χ4n) is 4.94. The lowest BCUT2D eigenvalue weighted by atomic mass is 9.94. The highest BCUT2D eigenvalue weighted by Crippen LogP contribution is 2.30. The number of nitrogens with one attached hydrogen (secondary N) is 2. The Morgan fingerprint density at radius 3 is 2.97 bits per heavy atom. The lowest BCUT2D eigenvalue weighted by molar-refractivity contribution is -0.131. The molecule has 2 N–H and O–H groups in total. The minimum Gasteiger partial charge on any atom is -0.381 e. The van der Waals surface area contributed by atoms with E-state index in [1.165, 1.54) is 5.57 Å². The zero-order chi connectivity index (χ0) is 23.6. The van der Waals surface area contributed by atoms with Crippen LogP contribution in [0.15, 0.2) is 42.2 Å². The zero-order valence-corrected chi connectivity index (χ0v) is 20.3. The summed E-state index contributed by atoms with van der Waals surface area (Å²) in [7, 11) is 0. The number of aromatic nitrogens is 4. The van der Waals surface area contributed by atoms with Crippen molar-refractivity contribution >= 4 is 55.6 Å². The van der Waals surface area contributed by atoms with E-state index >= 15 is 0 Å². The number of carbonyl (C=O) groups is 1. The third-order valence-corrected chi connectivity index (χ3v) is 7.83. The first-order valence-electron chi connectivity index (χ1n) is 12.2. The van der Waals surface area contributed by atoms with Gasteiger partial charge in [-0.25, -0.2) is 15.0 Å². The number of anilines is 2. The number of thiazole rings is 1. The predicted octanol–water partition coefficient (Wildman–Crippen LogP) is 5.13. The summed E-state index contributed by atoms with van der Waals surface area (Å²) < 4.78 is 6.56. The fourth-order valence-corrected chi connectivity index (χ4v) is 5.66. The molecule has 1 amide bonds. The van der Waals surface area contributed by atoms with Crippen molar-refractivity contribution in [1.82, 2.24) is 24.8 Å². The Balaban J connectivity index is 1.14. The van der Waals surface area contributed by atoms with Gasteiger partial charge >= 0.3 is 0 Å². The molecule has 9 heteroatoms. The summed E-state index contributed by atoms with van der Waals surface area (Å²) in [6, 6.07) is 8.22. The van der Waals surface area contributed by atoms with Crippen LogP contribution in [0.25, 0.3) is 26.8 Å². The number of H-pyrrole nitrogens is 1. The molecule has 4 aromatic rings. The Morgan fingerprint density at radius 2 is 2.11 bits per heavy atom. The van der Waals surface area contributed by atoms with Crippen LogP contribution in [0.1, 0.15) is 37.8 Å². The van der Waals surface area contributed by atoms with Gasteiger partial charge in [0, 0.05) is 44.1 Å². The number of fused-ring (bicyclic) bond motifs is 2. The van der Waals surface area contributed by atoms with Gasteiger partial charge in [-0.2, -0.15) is 0 Å². The highest BCUT2D eigenvalue weighted by molar-refractivity contribution is 7.16. The van der Waals surface area contributed by atoms with Gasteiger partial charge in [-0.1, -0.05) is 6.08 Å². The van der Waals surface area contributed by atoms with Gasteiger partial charge in [-0.05, 0) is 61.4 Å². The summed E-state index contributed by atoms with van der Waals surface area (Å²) in [5.74, 6) is 1.66. The summed E-state index contributed by atoms with van der Waals surface area (Å²) in [4.78, 5) is 31.4. The van der Waals surface area contributed by atoms with Gasteiger partial charge in [0.05, 0.1) is 21.1 Å². The van der Waals surface area contributed by atoms with Crippen LogP contribution in [0.4, 0.5) is 11.5 Å². The topological polar surface area (TPSA) is 96.0 Å². The van der Waals surface area contributed by atoms with Crippen LogP contribution in [0.2, 0.25) is 0 Å². The summed E-state index contributed by atoms with van der Waals surface area (Å²) in [6.07, 6.45) is 8.34. The molecule has 0 spiro atoms. The molecule has 5 heterocycles. The van der Waals surface area contributed by atoms with Crippen LogP contribution in [-0.2, 0) is 9.53 Å². The number of ether oxygens (including phenoxy) is 1. The first kappa shape index (κ1) is 22.2. The number of nitrogens with zero attached hydrogens (tertiary/aromatic N) is 4. The van der Waals surface area contributed by atoms with Gasteiger partial charge in [-0.15, -0.1) is 11.3 Å². The van der Waals surface area contributed by atoms with E-state index in [2.05, 4.69) is 43.5 Å². The van der Waals surface area contributed by atoms with Crippen molar-refractivity contribution in [3.8, 4) is 0 Å². The van der Waals surface area contributed by atoms with Gasteiger partial charge in [0.2, 0.25) is 5.91 Å². The standard InChI is InChI=1S/C26H28N6O2S/c33-24(4-1-17-7-11-34-12-8-17)32-9-5-18(6-10-32)22-14-20-25(27-15-28-26(20)31-22)30-19-2-3-21-23(13-19)35-16-29-21/h2-3,5,13-17H,1,4,6-12H2,(H2,27,28,30,31). The molecule has 1 aromatic carbocycles. The monoisotopic (exact) mass is 488 g/mol. The van der Waals surface area contributed by atoms with Crippen LogP contribution in [0.5, 0.6) is 0 Å². The Morgan fingerprint density at radius 1 is 1.20 bits per heavy atom. The maximum absolute atomic E-state index is 12.7. The smallest absolute Gasteiger partial charge is 0.222 e. The number of carbonyl (C=O) groups excluding carboxylic acids is 1. The first-order valence-corrected chi connectivity index (χ1v) is 13.1. The van der Waals surface area contributed by atoms with Gasteiger partial charge in [0.25, 0.3) is 0 Å².